The van der Waals surface area contributed by atoms with Crippen molar-refractivity contribution in [1.29, 1.82) is 0 Å². The minimum atomic E-state index is -0.0651. The summed E-state index contributed by atoms with van der Waals surface area (Å²) < 4.78 is 5.55. The number of carbonyl (C=O) groups excluding carboxylic acids is 1. The smallest absolute Gasteiger partial charge is 0.243 e. The van der Waals surface area contributed by atoms with E-state index < -0.39 is 0 Å². The van der Waals surface area contributed by atoms with Crippen LogP contribution in [0.3, 0.4) is 0 Å². The molecular formula is C17H33NO2. The normalized spacial score (nSPS) is 10.8. The number of hydrogen-bond donors (Lipinski definition) is 1. The number of amides is 1. The van der Waals surface area contributed by atoms with Crippen LogP contribution in [0.25, 0.3) is 0 Å². The summed E-state index contributed by atoms with van der Waals surface area (Å²) in [6.45, 7) is 10.4. The van der Waals surface area contributed by atoms with Gasteiger partial charge in [-0.25, -0.2) is 0 Å². The Morgan fingerprint density at radius 2 is 1.60 bits per heavy atom. The number of ether oxygens (including phenoxy) is 1. The second kappa shape index (κ2) is 14.6. The SMILES string of the molecule is C=CC(=O)NCCCCCCCCCCOCC(C)C. The molecule has 0 radical (unpaired) electrons. The second-order valence-electron chi connectivity index (χ2n) is 5.79. The lowest BCUT2D eigenvalue weighted by Crippen LogP contribution is -2.21. The maximum Gasteiger partial charge on any atom is 0.243 e. The van der Waals surface area contributed by atoms with Gasteiger partial charge in [0.2, 0.25) is 5.91 Å². The molecule has 3 nitrogen and oxygen atoms in total. The number of rotatable bonds is 14. The van der Waals surface area contributed by atoms with E-state index in [1.165, 1.54) is 51.0 Å². The molecule has 0 rings (SSSR count). The van der Waals surface area contributed by atoms with Crippen molar-refractivity contribution in [1.82, 2.24) is 5.32 Å². The average molecular weight is 283 g/mol. The van der Waals surface area contributed by atoms with E-state index in [1.54, 1.807) is 0 Å². The first kappa shape index (κ1) is 19.2. The molecule has 0 unspecified atom stereocenters. The van der Waals surface area contributed by atoms with E-state index in [0.717, 1.165) is 26.2 Å². The number of hydrogen-bond acceptors (Lipinski definition) is 2. The summed E-state index contributed by atoms with van der Waals surface area (Å²) in [5.41, 5.74) is 0. The van der Waals surface area contributed by atoms with Crippen molar-refractivity contribution in [3.05, 3.63) is 12.7 Å². The molecule has 0 bridgehead atoms. The van der Waals surface area contributed by atoms with Gasteiger partial charge in [0.15, 0.2) is 0 Å². The zero-order chi connectivity index (χ0) is 15.1. The minimum Gasteiger partial charge on any atom is -0.381 e. The second-order valence-corrected chi connectivity index (χ2v) is 5.79. The molecule has 0 aromatic heterocycles. The molecule has 0 saturated carbocycles. The summed E-state index contributed by atoms with van der Waals surface area (Å²) in [6, 6.07) is 0. The Hall–Kier alpha value is -0.830. The first-order chi connectivity index (χ1) is 9.66. The highest BCUT2D eigenvalue weighted by Gasteiger charge is 1.96. The molecule has 1 amide bonds. The van der Waals surface area contributed by atoms with Crippen LogP contribution < -0.4 is 5.32 Å². The summed E-state index contributed by atoms with van der Waals surface area (Å²) in [4.78, 5) is 10.9. The molecule has 0 aromatic carbocycles. The van der Waals surface area contributed by atoms with Gasteiger partial charge in [-0.3, -0.25) is 4.79 Å². The summed E-state index contributed by atoms with van der Waals surface area (Å²) in [7, 11) is 0. The molecule has 1 N–H and O–H groups in total. The lowest BCUT2D eigenvalue weighted by molar-refractivity contribution is -0.116. The van der Waals surface area contributed by atoms with E-state index in [0.29, 0.717) is 5.92 Å². The fraction of sp³-hybridized carbons (Fsp3) is 0.824. The standard InChI is InChI=1S/C17H33NO2/c1-4-17(19)18-13-11-9-7-5-6-8-10-12-14-20-15-16(2)3/h4,16H,1,5-15H2,2-3H3,(H,18,19). The number of unbranched alkanes of at least 4 members (excludes halogenated alkanes) is 7. The van der Waals surface area contributed by atoms with Crippen molar-refractivity contribution in [2.24, 2.45) is 5.92 Å². The highest BCUT2D eigenvalue weighted by atomic mass is 16.5. The van der Waals surface area contributed by atoms with Crippen LogP contribution in [0.2, 0.25) is 0 Å². The average Bonchev–Trinajstić information content (AvgIpc) is 2.43. The maximum atomic E-state index is 10.9. The molecular weight excluding hydrogens is 250 g/mol. The highest BCUT2D eigenvalue weighted by Crippen LogP contribution is 2.08. The minimum absolute atomic E-state index is 0.0651. The third-order valence-corrected chi connectivity index (χ3v) is 3.15. The Labute approximate surface area is 125 Å². The van der Waals surface area contributed by atoms with Crippen LogP contribution >= 0.6 is 0 Å². The van der Waals surface area contributed by atoms with E-state index in [1.807, 2.05) is 0 Å². The van der Waals surface area contributed by atoms with E-state index in [9.17, 15) is 4.79 Å². The molecule has 0 aliphatic heterocycles. The van der Waals surface area contributed by atoms with Crippen LogP contribution in [-0.4, -0.2) is 25.7 Å². The van der Waals surface area contributed by atoms with Gasteiger partial charge in [-0.1, -0.05) is 59.0 Å². The van der Waals surface area contributed by atoms with Gasteiger partial charge in [0, 0.05) is 19.8 Å². The maximum absolute atomic E-state index is 10.9. The lowest BCUT2D eigenvalue weighted by atomic mass is 10.1. The Morgan fingerprint density at radius 3 is 2.15 bits per heavy atom. The van der Waals surface area contributed by atoms with E-state index in [-0.39, 0.29) is 5.91 Å². The molecule has 0 aliphatic rings. The van der Waals surface area contributed by atoms with Gasteiger partial charge >= 0.3 is 0 Å². The molecule has 0 heterocycles. The van der Waals surface area contributed by atoms with Crippen molar-refractivity contribution in [2.45, 2.75) is 65.2 Å². The van der Waals surface area contributed by atoms with Crippen molar-refractivity contribution < 1.29 is 9.53 Å². The van der Waals surface area contributed by atoms with E-state index in [2.05, 4.69) is 25.7 Å². The third-order valence-electron chi connectivity index (χ3n) is 3.15. The molecule has 20 heavy (non-hydrogen) atoms. The molecule has 0 aliphatic carbocycles. The summed E-state index contributed by atoms with van der Waals surface area (Å²) >= 11 is 0. The van der Waals surface area contributed by atoms with Gasteiger partial charge in [-0.05, 0) is 24.8 Å². The van der Waals surface area contributed by atoms with Crippen molar-refractivity contribution >= 4 is 5.91 Å². The monoisotopic (exact) mass is 283 g/mol. The van der Waals surface area contributed by atoms with Crippen molar-refractivity contribution in [3.8, 4) is 0 Å². The Kier molecular flexibility index (Phi) is 14.0. The predicted octanol–water partition coefficient (Wildman–Crippen LogP) is 4.08. The lowest BCUT2D eigenvalue weighted by Gasteiger charge is -2.06. The van der Waals surface area contributed by atoms with Gasteiger partial charge in [0.25, 0.3) is 0 Å². The van der Waals surface area contributed by atoms with Crippen LogP contribution in [0.15, 0.2) is 12.7 Å². The first-order valence-electron chi connectivity index (χ1n) is 8.14. The van der Waals surface area contributed by atoms with Crippen LogP contribution in [0, 0.1) is 5.92 Å². The van der Waals surface area contributed by atoms with E-state index >= 15 is 0 Å². The fourth-order valence-electron chi connectivity index (χ4n) is 1.99. The van der Waals surface area contributed by atoms with Gasteiger partial charge < -0.3 is 10.1 Å². The Bertz CT molecular complexity index is 239. The first-order valence-corrected chi connectivity index (χ1v) is 8.14. The molecule has 118 valence electrons. The molecule has 0 saturated heterocycles. The van der Waals surface area contributed by atoms with Crippen LogP contribution in [0.1, 0.15) is 65.2 Å². The molecule has 0 spiro atoms. The van der Waals surface area contributed by atoms with Crippen LogP contribution in [0.5, 0.6) is 0 Å². The summed E-state index contributed by atoms with van der Waals surface area (Å²) in [6.07, 6.45) is 11.3. The summed E-state index contributed by atoms with van der Waals surface area (Å²) in [5, 5.41) is 2.80. The van der Waals surface area contributed by atoms with Gasteiger partial charge in [0.1, 0.15) is 0 Å². The van der Waals surface area contributed by atoms with Gasteiger partial charge in [-0.2, -0.15) is 0 Å². The number of carbonyl (C=O) groups is 1. The van der Waals surface area contributed by atoms with Crippen LogP contribution in [0.4, 0.5) is 0 Å². The molecule has 0 aromatic rings. The summed E-state index contributed by atoms with van der Waals surface area (Å²) in [5.74, 6) is 0.580. The topological polar surface area (TPSA) is 38.3 Å². The molecule has 0 fully saturated rings. The van der Waals surface area contributed by atoms with Crippen molar-refractivity contribution in [2.75, 3.05) is 19.8 Å². The van der Waals surface area contributed by atoms with E-state index in [4.69, 9.17) is 4.74 Å². The molecule has 0 atom stereocenters. The van der Waals surface area contributed by atoms with Crippen LogP contribution in [-0.2, 0) is 9.53 Å². The zero-order valence-corrected chi connectivity index (χ0v) is 13.5. The zero-order valence-electron chi connectivity index (χ0n) is 13.5. The van der Waals surface area contributed by atoms with Gasteiger partial charge in [0.05, 0.1) is 0 Å². The third kappa shape index (κ3) is 15.2. The van der Waals surface area contributed by atoms with Gasteiger partial charge in [-0.15, -0.1) is 0 Å². The quantitative estimate of drug-likeness (QED) is 0.385. The largest absolute Gasteiger partial charge is 0.381 e. The predicted molar refractivity (Wildman–Crippen MR) is 85.8 cm³/mol. The Balaban J connectivity index is 3.03. The highest BCUT2D eigenvalue weighted by molar-refractivity contribution is 5.86. The fourth-order valence-corrected chi connectivity index (χ4v) is 1.99. The molecule has 3 heteroatoms. The number of nitrogens with one attached hydrogen (secondary N) is 1. The Morgan fingerprint density at radius 1 is 1.05 bits per heavy atom. The van der Waals surface area contributed by atoms with Crippen molar-refractivity contribution in [3.63, 3.8) is 0 Å².